The van der Waals surface area contributed by atoms with E-state index in [0.29, 0.717) is 11.3 Å². The van der Waals surface area contributed by atoms with Gasteiger partial charge in [-0.15, -0.1) is 0 Å². The van der Waals surface area contributed by atoms with E-state index in [-0.39, 0.29) is 5.92 Å². The van der Waals surface area contributed by atoms with Gasteiger partial charge >= 0.3 is 0 Å². The lowest BCUT2D eigenvalue weighted by atomic mass is 9.84. The largest absolute Gasteiger partial charge is 0.496 e. The summed E-state index contributed by atoms with van der Waals surface area (Å²) < 4.78 is 18.4. The van der Waals surface area contributed by atoms with Crippen LogP contribution in [0.1, 0.15) is 25.3 Å². The van der Waals surface area contributed by atoms with E-state index in [4.69, 9.17) is 10.5 Å². The molecule has 1 aromatic carbocycles. The number of amides is 1. The van der Waals surface area contributed by atoms with Crippen molar-refractivity contribution in [3.63, 3.8) is 0 Å². The number of methoxy groups -OCH3 is 1. The molecule has 18 heavy (non-hydrogen) atoms. The molecule has 0 fully saturated rings. The molecule has 0 aromatic heterocycles. The predicted octanol–water partition coefficient (Wildman–Crippen LogP) is 1.63. The molecule has 0 heterocycles. The highest BCUT2D eigenvalue weighted by Gasteiger charge is 2.30. The lowest BCUT2D eigenvalue weighted by Gasteiger charge is -2.20. The molecule has 1 atom stereocenters. The number of carbonyl (C=O) groups excluding carboxylic acids is 2. The zero-order chi connectivity index (χ0) is 13.9. The zero-order valence-electron chi connectivity index (χ0n) is 10.6. The van der Waals surface area contributed by atoms with Crippen LogP contribution in [0.5, 0.6) is 5.75 Å². The van der Waals surface area contributed by atoms with Crippen molar-refractivity contribution in [1.29, 1.82) is 0 Å². The Morgan fingerprint density at radius 3 is 2.39 bits per heavy atom. The molecule has 4 nitrogen and oxygen atoms in total. The molecular formula is C13H16FNO3. The van der Waals surface area contributed by atoms with Gasteiger partial charge < -0.3 is 10.5 Å². The third kappa shape index (κ3) is 2.85. The fourth-order valence-electron chi connectivity index (χ4n) is 1.90. The van der Waals surface area contributed by atoms with Gasteiger partial charge in [0.25, 0.3) is 5.91 Å². The Labute approximate surface area is 105 Å². The summed E-state index contributed by atoms with van der Waals surface area (Å²) in [5, 5.41) is 0. The van der Waals surface area contributed by atoms with E-state index in [1.807, 2.05) is 0 Å². The van der Waals surface area contributed by atoms with E-state index in [1.165, 1.54) is 25.3 Å². The fraction of sp³-hybridized carbons (Fsp3) is 0.385. The molecule has 5 heteroatoms. The van der Waals surface area contributed by atoms with Gasteiger partial charge in [-0.1, -0.05) is 13.8 Å². The summed E-state index contributed by atoms with van der Waals surface area (Å²) in [4.78, 5) is 22.9. The summed E-state index contributed by atoms with van der Waals surface area (Å²) in [5.41, 5.74) is 5.36. The molecule has 0 spiro atoms. The van der Waals surface area contributed by atoms with Crippen LogP contribution in [-0.4, -0.2) is 18.8 Å². The zero-order valence-corrected chi connectivity index (χ0v) is 10.6. The summed E-state index contributed by atoms with van der Waals surface area (Å²) in [6.45, 7) is 3.52. The first-order chi connectivity index (χ1) is 8.38. The van der Waals surface area contributed by atoms with Crippen molar-refractivity contribution in [3.8, 4) is 5.75 Å². The average Bonchev–Trinajstić information content (AvgIpc) is 2.28. The Balaban J connectivity index is 3.33. The number of halogens is 1. The van der Waals surface area contributed by atoms with E-state index >= 15 is 0 Å². The molecule has 0 saturated heterocycles. The van der Waals surface area contributed by atoms with Crippen LogP contribution in [0, 0.1) is 11.7 Å². The highest BCUT2D eigenvalue weighted by atomic mass is 19.1. The predicted molar refractivity (Wildman–Crippen MR) is 64.7 cm³/mol. The van der Waals surface area contributed by atoms with Gasteiger partial charge in [-0.3, -0.25) is 9.59 Å². The standard InChI is InChI=1S/C13H16FNO3/c1-7(2)11(12(16)13(15)17)9-6-8(14)4-5-10(9)18-3/h4-7,11H,1-3H3,(H2,15,17). The molecule has 0 aliphatic rings. The quantitative estimate of drug-likeness (QED) is 0.811. The van der Waals surface area contributed by atoms with Crippen LogP contribution in [0.3, 0.4) is 0 Å². The first-order valence-electron chi connectivity index (χ1n) is 5.55. The number of hydrogen-bond donors (Lipinski definition) is 1. The maximum atomic E-state index is 13.3. The molecule has 1 unspecified atom stereocenters. The molecular weight excluding hydrogens is 237 g/mol. The first-order valence-corrected chi connectivity index (χ1v) is 5.55. The summed E-state index contributed by atoms with van der Waals surface area (Å²) >= 11 is 0. The Hall–Kier alpha value is -1.91. The van der Waals surface area contributed by atoms with Crippen molar-refractivity contribution in [3.05, 3.63) is 29.6 Å². The number of ether oxygens (including phenoxy) is 1. The minimum absolute atomic E-state index is 0.194. The highest BCUT2D eigenvalue weighted by molar-refractivity contribution is 6.37. The Bertz CT molecular complexity index is 471. The second-order valence-corrected chi connectivity index (χ2v) is 4.34. The summed E-state index contributed by atoms with van der Waals surface area (Å²) in [5.74, 6) is -2.89. The summed E-state index contributed by atoms with van der Waals surface area (Å²) in [6, 6.07) is 3.85. The number of Topliss-reactive ketones (excluding diaryl/α,β-unsaturated/α-hetero) is 1. The smallest absolute Gasteiger partial charge is 0.285 e. The van der Waals surface area contributed by atoms with Crippen molar-refractivity contribution in [2.75, 3.05) is 7.11 Å². The number of primary amides is 1. The van der Waals surface area contributed by atoms with Crippen molar-refractivity contribution in [2.24, 2.45) is 11.7 Å². The second-order valence-electron chi connectivity index (χ2n) is 4.34. The molecule has 0 bridgehead atoms. The van der Waals surface area contributed by atoms with E-state index in [9.17, 15) is 14.0 Å². The Morgan fingerprint density at radius 1 is 1.33 bits per heavy atom. The van der Waals surface area contributed by atoms with Gasteiger partial charge in [-0.25, -0.2) is 4.39 Å². The monoisotopic (exact) mass is 253 g/mol. The van der Waals surface area contributed by atoms with Crippen LogP contribution < -0.4 is 10.5 Å². The average molecular weight is 253 g/mol. The van der Waals surface area contributed by atoms with E-state index in [0.717, 1.165) is 0 Å². The van der Waals surface area contributed by atoms with E-state index in [2.05, 4.69) is 0 Å². The topological polar surface area (TPSA) is 69.4 Å². The van der Waals surface area contributed by atoms with Gasteiger partial charge in [0.05, 0.1) is 13.0 Å². The maximum absolute atomic E-state index is 13.3. The fourth-order valence-corrected chi connectivity index (χ4v) is 1.90. The van der Waals surface area contributed by atoms with Crippen LogP contribution in [0.15, 0.2) is 18.2 Å². The molecule has 1 rings (SSSR count). The van der Waals surface area contributed by atoms with E-state index in [1.54, 1.807) is 13.8 Å². The second kappa shape index (κ2) is 5.62. The Kier molecular flexibility index (Phi) is 4.42. The minimum atomic E-state index is -1.03. The van der Waals surface area contributed by atoms with Gasteiger partial charge in [0.1, 0.15) is 11.6 Å². The number of carbonyl (C=O) groups is 2. The van der Waals surface area contributed by atoms with E-state index < -0.39 is 23.4 Å². The summed E-state index contributed by atoms with van der Waals surface area (Å²) in [6.07, 6.45) is 0. The lowest BCUT2D eigenvalue weighted by Crippen LogP contribution is -2.31. The van der Waals surface area contributed by atoms with Crippen LogP contribution in [0.25, 0.3) is 0 Å². The van der Waals surface area contributed by atoms with Gasteiger partial charge in [0.15, 0.2) is 0 Å². The molecule has 2 N–H and O–H groups in total. The molecule has 0 aliphatic heterocycles. The van der Waals surface area contributed by atoms with Crippen LogP contribution >= 0.6 is 0 Å². The molecule has 1 aromatic rings. The number of hydrogen-bond acceptors (Lipinski definition) is 3. The van der Waals surface area contributed by atoms with Crippen LogP contribution in [-0.2, 0) is 9.59 Å². The van der Waals surface area contributed by atoms with Crippen LogP contribution in [0.2, 0.25) is 0 Å². The maximum Gasteiger partial charge on any atom is 0.285 e. The third-order valence-corrected chi connectivity index (χ3v) is 2.72. The number of nitrogens with two attached hydrogens (primary N) is 1. The first kappa shape index (κ1) is 14.2. The summed E-state index contributed by atoms with van der Waals surface area (Å²) in [7, 11) is 1.42. The van der Waals surface area contributed by atoms with Crippen molar-refractivity contribution < 1.29 is 18.7 Å². The molecule has 0 aliphatic carbocycles. The molecule has 98 valence electrons. The van der Waals surface area contributed by atoms with Gasteiger partial charge in [0.2, 0.25) is 5.78 Å². The number of benzene rings is 1. The normalized spacial score (nSPS) is 12.3. The Morgan fingerprint density at radius 2 is 1.94 bits per heavy atom. The highest BCUT2D eigenvalue weighted by Crippen LogP contribution is 2.33. The van der Waals surface area contributed by atoms with Crippen molar-refractivity contribution in [2.45, 2.75) is 19.8 Å². The lowest BCUT2D eigenvalue weighted by molar-refractivity contribution is -0.137. The SMILES string of the molecule is COc1ccc(F)cc1C(C(=O)C(N)=O)C(C)C. The molecule has 0 saturated carbocycles. The van der Waals surface area contributed by atoms with Gasteiger partial charge in [-0.2, -0.15) is 0 Å². The number of ketones is 1. The van der Waals surface area contributed by atoms with Gasteiger partial charge in [0, 0.05) is 5.56 Å². The van der Waals surface area contributed by atoms with Gasteiger partial charge in [-0.05, 0) is 24.1 Å². The number of rotatable bonds is 5. The van der Waals surface area contributed by atoms with Crippen molar-refractivity contribution >= 4 is 11.7 Å². The third-order valence-electron chi connectivity index (χ3n) is 2.72. The van der Waals surface area contributed by atoms with Crippen LogP contribution in [0.4, 0.5) is 4.39 Å². The minimum Gasteiger partial charge on any atom is -0.496 e. The molecule has 0 radical (unpaired) electrons. The molecule has 1 amide bonds. The van der Waals surface area contributed by atoms with Crippen molar-refractivity contribution in [1.82, 2.24) is 0 Å².